The second kappa shape index (κ2) is 7.79. The Morgan fingerprint density at radius 3 is 2.70 bits per heavy atom. The molecule has 1 fully saturated rings. The lowest BCUT2D eigenvalue weighted by Crippen LogP contribution is -2.49. The number of alkyl halides is 3. The second-order valence-corrected chi connectivity index (χ2v) is 5.71. The first kappa shape index (κ1) is 17.7. The topological polar surface area (TPSA) is 41.6 Å². The number of morpholine rings is 1. The zero-order valence-corrected chi connectivity index (χ0v) is 13.0. The SMILES string of the molecule is Cc1ccc(CNC(=O)CCN2CCO[C@@H](C(F)(F)F)C2)cc1. The van der Waals surface area contributed by atoms with Gasteiger partial charge >= 0.3 is 6.18 Å². The van der Waals surface area contributed by atoms with Gasteiger partial charge in [0.15, 0.2) is 6.10 Å². The first-order valence-electron chi connectivity index (χ1n) is 7.57. The van der Waals surface area contributed by atoms with Gasteiger partial charge in [0.25, 0.3) is 0 Å². The molecule has 23 heavy (non-hydrogen) atoms. The molecule has 0 bridgehead atoms. The minimum absolute atomic E-state index is 0.0369. The highest BCUT2D eigenvalue weighted by molar-refractivity contribution is 5.76. The van der Waals surface area contributed by atoms with Crippen LogP contribution >= 0.6 is 0 Å². The summed E-state index contributed by atoms with van der Waals surface area (Å²) in [6, 6.07) is 7.80. The van der Waals surface area contributed by atoms with Gasteiger partial charge in [0.1, 0.15) is 0 Å². The molecule has 0 spiro atoms. The third-order valence-electron chi connectivity index (χ3n) is 3.78. The van der Waals surface area contributed by atoms with Crippen LogP contribution in [0.3, 0.4) is 0 Å². The number of benzene rings is 1. The van der Waals surface area contributed by atoms with Crippen molar-refractivity contribution >= 4 is 5.91 Å². The predicted molar refractivity (Wildman–Crippen MR) is 79.9 cm³/mol. The summed E-state index contributed by atoms with van der Waals surface area (Å²) in [5.41, 5.74) is 2.14. The van der Waals surface area contributed by atoms with Crippen molar-refractivity contribution < 1.29 is 22.7 Å². The fourth-order valence-corrected chi connectivity index (χ4v) is 2.36. The third-order valence-corrected chi connectivity index (χ3v) is 3.78. The quantitative estimate of drug-likeness (QED) is 0.900. The van der Waals surface area contributed by atoms with Gasteiger partial charge in [-0.25, -0.2) is 0 Å². The molecule has 2 rings (SSSR count). The van der Waals surface area contributed by atoms with Crippen molar-refractivity contribution in [3.05, 3.63) is 35.4 Å². The number of amides is 1. The third kappa shape index (κ3) is 5.84. The van der Waals surface area contributed by atoms with Gasteiger partial charge in [0.2, 0.25) is 5.91 Å². The summed E-state index contributed by atoms with van der Waals surface area (Å²) in [6.45, 7) is 2.95. The fourth-order valence-electron chi connectivity index (χ4n) is 2.36. The second-order valence-electron chi connectivity index (χ2n) is 5.71. The number of nitrogens with one attached hydrogen (secondary N) is 1. The molecule has 4 nitrogen and oxygen atoms in total. The molecule has 1 heterocycles. The molecule has 1 aliphatic heterocycles. The maximum Gasteiger partial charge on any atom is 0.415 e. The Morgan fingerprint density at radius 1 is 1.35 bits per heavy atom. The summed E-state index contributed by atoms with van der Waals surface area (Å²) >= 11 is 0. The van der Waals surface area contributed by atoms with Gasteiger partial charge in [-0.2, -0.15) is 13.2 Å². The van der Waals surface area contributed by atoms with Crippen LogP contribution in [-0.4, -0.2) is 49.3 Å². The summed E-state index contributed by atoms with van der Waals surface area (Å²) in [5, 5.41) is 2.78. The molecule has 1 N–H and O–H groups in total. The minimum Gasteiger partial charge on any atom is -0.366 e. The molecule has 0 saturated carbocycles. The van der Waals surface area contributed by atoms with Gasteiger partial charge in [-0.1, -0.05) is 29.8 Å². The molecule has 128 valence electrons. The van der Waals surface area contributed by atoms with Crippen molar-refractivity contribution in [3.8, 4) is 0 Å². The molecule has 7 heteroatoms. The largest absolute Gasteiger partial charge is 0.415 e. The van der Waals surface area contributed by atoms with Crippen LogP contribution in [0.1, 0.15) is 17.5 Å². The smallest absolute Gasteiger partial charge is 0.366 e. The summed E-state index contributed by atoms with van der Waals surface area (Å²) in [7, 11) is 0. The number of carbonyl (C=O) groups excluding carboxylic acids is 1. The van der Waals surface area contributed by atoms with E-state index in [9.17, 15) is 18.0 Å². The number of rotatable bonds is 5. The van der Waals surface area contributed by atoms with Crippen LogP contribution in [0.25, 0.3) is 0 Å². The van der Waals surface area contributed by atoms with E-state index in [1.54, 1.807) is 4.90 Å². The Morgan fingerprint density at radius 2 is 2.04 bits per heavy atom. The lowest BCUT2D eigenvalue weighted by Gasteiger charge is -2.33. The Balaban J connectivity index is 1.70. The van der Waals surface area contributed by atoms with E-state index in [0.717, 1.165) is 11.1 Å². The lowest BCUT2D eigenvalue weighted by atomic mass is 10.1. The number of aryl methyl sites for hydroxylation is 1. The molecule has 0 radical (unpaired) electrons. The van der Waals surface area contributed by atoms with Crippen LogP contribution in [-0.2, 0) is 16.1 Å². The van der Waals surface area contributed by atoms with Crippen molar-refractivity contribution in [3.63, 3.8) is 0 Å². The van der Waals surface area contributed by atoms with Gasteiger partial charge in [-0.05, 0) is 12.5 Å². The molecule has 1 aliphatic rings. The summed E-state index contributed by atoms with van der Waals surface area (Å²) in [5.74, 6) is -0.166. The van der Waals surface area contributed by atoms with E-state index in [4.69, 9.17) is 4.74 Å². The first-order chi connectivity index (χ1) is 10.8. The van der Waals surface area contributed by atoms with E-state index in [2.05, 4.69) is 5.32 Å². The van der Waals surface area contributed by atoms with Crippen molar-refractivity contribution in [2.24, 2.45) is 0 Å². The normalized spacial score (nSPS) is 19.6. The molecule has 1 amide bonds. The molecular weight excluding hydrogens is 309 g/mol. The maximum absolute atomic E-state index is 12.6. The number of ether oxygens (including phenoxy) is 1. The zero-order chi connectivity index (χ0) is 16.9. The van der Waals surface area contributed by atoms with E-state index in [1.807, 2.05) is 31.2 Å². The van der Waals surface area contributed by atoms with Crippen molar-refractivity contribution in [2.45, 2.75) is 32.2 Å². The minimum atomic E-state index is -4.35. The molecule has 1 aromatic rings. The van der Waals surface area contributed by atoms with Crippen molar-refractivity contribution in [1.29, 1.82) is 0 Å². The first-order valence-corrected chi connectivity index (χ1v) is 7.57. The molecule has 0 aliphatic carbocycles. The van der Waals surface area contributed by atoms with Gasteiger partial charge < -0.3 is 10.1 Å². The Hall–Kier alpha value is -1.60. The average molecular weight is 330 g/mol. The summed E-state index contributed by atoms with van der Waals surface area (Å²) in [4.78, 5) is 13.4. The summed E-state index contributed by atoms with van der Waals surface area (Å²) < 4.78 is 42.6. The van der Waals surface area contributed by atoms with Gasteiger partial charge in [-0.3, -0.25) is 9.69 Å². The fraction of sp³-hybridized carbons (Fsp3) is 0.562. The number of carbonyl (C=O) groups is 1. The van der Waals surface area contributed by atoms with Gasteiger partial charge in [0.05, 0.1) is 6.61 Å². The van der Waals surface area contributed by atoms with Gasteiger partial charge in [-0.15, -0.1) is 0 Å². The van der Waals surface area contributed by atoms with Crippen LogP contribution in [0.15, 0.2) is 24.3 Å². The standard InChI is InChI=1S/C16H21F3N2O2/c1-12-2-4-13(5-3-12)10-20-15(22)6-7-21-8-9-23-14(11-21)16(17,18)19/h2-5,14H,6-11H2,1H3,(H,20,22)/t14-/m1/s1. The van der Waals surface area contributed by atoms with E-state index in [0.29, 0.717) is 19.6 Å². The zero-order valence-electron chi connectivity index (χ0n) is 13.0. The highest BCUT2D eigenvalue weighted by Gasteiger charge is 2.43. The van der Waals surface area contributed by atoms with Crippen LogP contribution in [0, 0.1) is 6.92 Å². The molecule has 1 aromatic carbocycles. The number of hydrogen-bond acceptors (Lipinski definition) is 3. The van der Waals surface area contributed by atoms with E-state index >= 15 is 0 Å². The highest BCUT2D eigenvalue weighted by Crippen LogP contribution is 2.25. The van der Waals surface area contributed by atoms with E-state index < -0.39 is 12.3 Å². The van der Waals surface area contributed by atoms with E-state index in [-0.39, 0.29) is 25.5 Å². The van der Waals surface area contributed by atoms with Crippen LogP contribution in [0.5, 0.6) is 0 Å². The predicted octanol–water partition coefficient (Wildman–Crippen LogP) is 2.26. The van der Waals surface area contributed by atoms with Crippen LogP contribution in [0.2, 0.25) is 0 Å². The van der Waals surface area contributed by atoms with Crippen LogP contribution < -0.4 is 5.32 Å². The molecule has 1 atom stereocenters. The molecule has 0 aromatic heterocycles. The number of halogens is 3. The monoisotopic (exact) mass is 330 g/mol. The number of hydrogen-bond donors (Lipinski definition) is 1. The lowest BCUT2D eigenvalue weighted by molar-refractivity contribution is -0.237. The molecule has 0 unspecified atom stereocenters. The average Bonchev–Trinajstić information content (AvgIpc) is 2.52. The Bertz CT molecular complexity index is 517. The summed E-state index contributed by atoms with van der Waals surface area (Å²) in [6.07, 6.45) is -5.94. The van der Waals surface area contributed by atoms with Crippen LogP contribution in [0.4, 0.5) is 13.2 Å². The van der Waals surface area contributed by atoms with Crippen molar-refractivity contribution in [1.82, 2.24) is 10.2 Å². The van der Waals surface area contributed by atoms with E-state index in [1.165, 1.54) is 0 Å². The number of nitrogens with zero attached hydrogens (tertiary/aromatic N) is 1. The molecular formula is C16H21F3N2O2. The Labute approximate surface area is 133 Å². The van der Waals surface area contributed by atoms with Crippen molar-refractivity contribution in [2.75, 3.05) is 26.2 Å². The Kier molecular flexibility index (Phi) is 6.01. The molecule has 1 saturated heterocycles. The maximum atomic E-state index is 12.6. The van der Waals surface area contributed by atoms with Gasteiger partial charge in [0, 0.05) is 32.6 Å². The highest BCUT2D eigenvalue weighted by atomic mass is 19.4.